The molecule has 2 amide bonds. The second-order valence-electron chi connectivity index (χ2n) is 5.71. The lowest BCUT2D eigenvalue weighted by Crippen LogP contribution is -2.48. The van der Waals surface area contributed by atoms with E-state index in [1.54, 1.807) is 14.0 Å². The fraction of sp³-hybridized carbons (Fsp3) is 0.529. The van der Waals surface area contributed by atoms with E-state index in [9.17, 15) is 9.59 Å². The quantitative estimate of drug-likeness (QED) is 0.828. The summed E-state index contributed by atoms with van der Waals surface area (Å²) in [5.74, 6) is 0.861. The van der Waals surface area contributed by atoms with Crippen LogP contribution in [0.25, 0.3) is 0 Å². The van der Waals surface area contributed by atoms with Crippen LogP contribution in [0.3, 0.4) is 0 Å². The number of benzene rings is 1. The van der Waals surface area contributed by atoms with Crippen LogP contribution in [-0.2, 0) is 16.0 Å². The molecule has 0 radical (unpaired) electrons. The molecule has 2 unspecified atom stereocenters. The lowest BCUT2D eigenvalue weighted by Gasteiger charge is -2.26. The van der Waals surface area contributed by atoms with E-state index >= 15 is 0 Å². The van der Waals surface area contributed by atoms with Gasteiger partial charge in [-0.1, -0.05) is 13.0 Å². The van der Waals surface area contributed by atoms with Gasteiger partial charge in [0.25, 0.3) is 0 Å². The summed E-state index contributed by atoms with van der Waals surface area (Å²) in [6, 6.07) is 5.03. The minimum absolute atomic E-state index is 0.161. The second kappa shape index (κ2) is 7.85. The molecule has 0 saturated heterocycles. The molecule has 1 aromatic rings. The lowest BCUT2D eigenvalue weighted by molar-refractivity contribution is -0.131. The van der Waals surface area contributed by atoms with Gasteiger partial charge in [-0.2, -0.15) is 0 Å². The van der Waals surface area contributed by atoms with E-state index in [4.69, 9.17) is 9.47 Å². The highest BCUT2D eigenvalue weighted by Crippen LogP contribution is 2.31. The fourth-order valence-corrected chi connectivity index (χ4v) is 2.45. The van der Waals surface area contributed by atoms with Gasteiger partial charge in [0.1, 0.15) is 24.1 Å². The minimum Gasteiger partial charge on any atom is -0.497 e. The van der Waals surface area contributed by atoms with Crippen LogP contribution in [0.4, 0.5) is 0 Å². The van der Waals surface area contributed by atoms with Crippen molar-refractivity contribution in [2.24, 2.45) is 5.92 Å². The molecule has 1 heterocycles. The van der Waals surface area contributed by atoms with Crippen molar-refractivity contribution in [1.29, 1.82) is 0 Å². The summed E-state index contributed by atoms with van der Waals surface area (Å²) in [6.07, 6.45) is 1.46. The van der Waals surface area contributed by atoms with Crippen LogP contribution < -0.4 is 20.1 Å². The smallest absolute Gasteiger partial charge is 0.242 e. The highest BCUT2D eigenvalue weighted by atomic mass is 16.5. The largest absolute Gasteiger partial charge is 0.497 e. The van der Waals surface area contributed by atoms with Crippen LogP contribution in [0.1, 0.15) is 25.8 Å². The molecule has 0 aromatic heterocycles. The summed E-state index contributed by atoms with van der Waals surface area (Å²) >= 11 is 0. The first-order valence-electron chi connectivity index (χ1n) is 7.93. The van der Waals surface area contributed by atoms with E-state index in [-0.39, 0.29) is 17.7 Å². The van der Waals surface area contributed by atoms with Gasteiger partial charge < -0.3 is 20.1 Å². The monoisotopic (exact) mass is 320 g/mol. The SMILES string of the molecule is CCCNC(=O)C(C)NC(=O)C1COc2cc(OC)ccc2C1. The first-order chi connectivity index (χ1) is 11.0. The first kappa shape index (κ1) is 17.1. The zero-order chi connectivity index (χ0) is 16.8. The molecular formula is C17H24N2O4. The van der Waals surface area contributed by atoms with E-state index in [1.165, 1.54) is 0 Å². The van der Waals surface area contributed by atoms with Crippen LogP contribution in [0.2, 0.25) is 0 Å². The van der Waals surface area contributed by atoms with Crippen molar-refractivity contribution in [2.75, 3.05) is 20.3 Å². The maximum Gasteiger partial charge on any atom is 0.242 e. The standard InChI is InChI=1S/C17H24N2O4/c1-4-7-18-16(20)11(2)19-17(21)13-8-12-5-6-14(22-3)9-15(12)23-10-13/h5-6,9,11,13H,4,7-8,10H2,1-3H3,(H,18,20)(H,19,21). The van der Waals surface area contributed by atoms with E-state index in [0.717, 1.165) is 23.5 Å². The number of hydrogen-bond acceptors (Lipinski definition) is 4. The summed E-state index contributed by atoms with van der Waals surface area (Å²) in [5.41, 5.74) is 0.972. The summed E-state index contributed by atoms with van der Waals surface area (Å²) < 4.78 is 10.8. The van der Waals surface area contributed by atoms with Crippen LogP contribution in [0, 0.1) is 5.92 Å². The summed E-state index contributed by atoms with van der Waals surface area (Å²) in [5, 5.41) is 5.53. The minimum atomic E-state index is -0.550. The van der Waals surface area contributed by atoms with Gasteiger partial charge >= 0.3 is 0 Å². The van der Waals surface area contributed by atoms with Gasteiger partial charge in [0.05, 0.1) is 13.0 Å². The van der Waals surface area contributed by atoms with Crippen LogP contribution >= 0.6 is 0 Å². The van der Waals surface area contributed by atoms with Gasteiger partial charge in [0.2, 0.25) is 11.8 Å². The molecule has 126 valence electrons. The third kappa shape index (κ3) is 4.37. The van der Waals surface area contributed by atoms with E-state index in [2.05, 4.69) is 10.6 Å². The fourth-order valence-electron chi connectivity index (χ4n) is 2.45. The van der Waals surface area contributed by atoms with Crippen molar-refractivity contribution < 1.29 is 19.1 Å². The van der Waals surface area contributed by atoms with E-state index in [1.807, 2.05) is 25.1 Å². The van der Waals surface area contributed by atoms with Crippen molar-refractivity contribution in [3.05, 3.63) is 23.8 Å². The molecule has 0 spiro atoms. The van der Waals surface area contributed by atoms with Crippen LogP contribution in [0.5, 0.6) is 11.5 Å². The molecule has 1 aromatic carbocycles. The predicted molar refractivity (Wildman–Crippen MR) is 86.6 cm³/mol. The number of rotatable bonds is 6. The van der Waals surface area contributed by atoms with Gasteiger partial charge in [-0.25, -0.2) is 0 Å². The number of fused-ring (bicyclic) bond motifs is 1. The highest BCUT2D eigenvalue weighted by molar-refractivity contribution is 5.88. The molecule has 2 rings (SSSR count). The number of carbonyl (C=O) groups excluding carboxylic acids is 2. The van der Waals surface area contributed by atoms with Crippen LogP contribution in [-0.4, -0.2) is 38.1 Å². The molecule has 23 heavy (non-hydrogen) atoms. The number of ether oxygens (including phenoxy) is 2. The summed E-state index contributed by atoms with van der Waals surface area (Å²) in [7, 11) is 1.60. The molecule has 6 nitrogen and oxygen atoms in total. The molecule has 0 bridgehead atoms. The zero-order valence-corrected chi connectivity index (χ0v) is 13.8. The number of nitrogens with one attached hydrogen (secondary N) is 2. The molecular weight excluding hydrogens is 296 g/mol. The average Bonchev–Trinajstić information content (AvgIpc) is 2.58. The van der Waals surface area contributed by atoms with Gasteiger partial charge in [0, 0.05) is 12.6 Å². The number of amides is 2. The predicted octanol–water partition coefficient (Wildman–Crippen LogP) is 1.28. The van der Waals surface area contributed by atoms with Crippen molar-refractivity contribution in [2.45, 2.75) is 32.7 Å². The van der Waals surface area contributed by atoms with Crippen molar-refractivity contribution >= 4 is 11.8 Å². The van der Waals surface area contributed by atoms with E-state index < -0.39 is 6.04 Å². The molecule has 1 aliphatic heterocycles. The Bertz CT molecular complexity index is 574. The number of carbonyl (C=O) groups is 2. The number of hydrogen-bond donors (Lipinski definition) is 2. The van der Waals surface area contributed by atoms with Gasteiger partial charge in [-0.3, -0.25) is 9.59 Å². The first-order valence-corrected chi connectivity index (χ1v) is 7.93. The molecule has 0 aliphatic carbocycles. The van der Waals surface area contributed by atoms with E-state index in [0.29, 0.717) is 19.6 Å². The summed E-state index contributed by atoms with van der Waals surface area (Å²) in [6.45, 7) is 4.58. The Hall–Kier alpha value is -2.24. The normalized spacial score (nSPS) is 17.4. The van der Waals surface area contributed by atoms with Gasteiger partial charge in [0.15, 0.2) is 0 Å². The average molecular weight is 320 g/mol. The van der Waals surface area contributed by atoms with Crippen molar-refractivity contribution in [1.82, 2.24) is 10.6 Å². The topological polar surface area (TPSA) is 76.7 Å². The Kier molecular flexibility index (Phi) is 5.84. The Morgan fingerprint density at radius 3 is 2.91 bits per heavy atom. The van der Waals surface area contributed by atoms with Crippen molar-refractivity contribution in [3.8, 4) is 11.5 Å². The number of methoxy groups -OCH3 is 1. The Morgan fingerprint density at radius 2 is 2.22 bits per heavy atom. The third-order valence-electron chi connectivity index (χ3n) is 3.85. The molecule has 0 saturated carbocycles. The van der Waals surface area contributed by atoms with Gasteiger partial charge in [-0.05, 0) is 31.4 Å². The molecule has 6 heteroatoms. The Balaban J connectivity index is 1.92. The van der Waals surface area contributed by atoms with Gasteiger partial charge in [-0.15, -0.1) is 0 Å². The zero-order valence-electron chi connectivity index (χ0n) is 13.8. The maximum atomic E-state index is 12.3. The third-order valence-corrected chi connectivity index (χ3v) is 3.85. The van der Waals surface area contributed by atoms with Crippen molar-refractivity contribution in [3.63, 3.8) is 0 Å². The Labute approximate surface area is 136 Å². The van der Waals surface area contributed by atoms with Crippen LogP contribution in [0.15, 0.2) is 18.2 Å². The second-order valence-corrected chi connectivity index (χ2v) is 5.71. The lowest BCUT2D eigenvalue weighted by atomic mass is 9.95. The molecule has 1 aliphatic rings. The summed E-state index contributed by atoms with van der Waals surface area (Å²) in [4.78, 5) is 24.1. The molecule has 0 fully saturated rings. The molecule has 2 N–H and O–H groups in total. The highest BCUT2D eigenvalue weighted by Gasteiger charge is 2.28. The molecule has 2 atom stereocenters. The maximum absolute atomic E-state index is 12.3. The Morgan fingerprint density at radius 1 is 1.43 bits per heavy atom.